The fourth-order valence-electron chi connectivity index (χ4n) is 3.80. The molecule has 0 saturated carbocycles. The maximum atomic E-state index is 11.8. The summed E-state index contributed by atoms with van der Waals surface area (Å²) < 4.78 is 9.19. The highest BCUT2D eigenvalue weighted by atomic mass is 35.5. The summed E-state index contributed by atoms with van der Waals surface area (Å²) in [6, 6.07) is 14.4. The lowest BCUT2D eigenvalue weighted by atomic mass is 10.2. The Kier molecular flexibility index (Phi) is 7.01. The van der Waals surface area contributed by atoms with Crippen LogP contribution in [0.4, 0.5) is 11.5 Å². The molecule has 2 aromatic carbocycles. The maximum Gasteiger partial charge on any atom is 0.239 e. The summed E-state index contributed by atoms with van der Waals surface area (Å²) in [6.07, 6.45) is 3.36. The number of aliphatic hydroxyl groups is 1. The van der Waals surface area contributed by atoms with Gasteiger partial charge in [-0.15, -0.1) is 11.3 Å². The zero-order valence-corrected chi connectivity index (χ0v) is 20.6. The highest BCUT2D eigenvalue weighted by Crippen LogP contribution is 2.37. The molecule has 0 aliphatic heterocycles. The molecule has 0 bridgehead atoms. The third kappa shape index (κ3) is 4.98. The second kappa shape index (κ2) is 10.5. The Morgan fingerprint density at radius 3 is 2.92 bits per heavy atom. The van der Waals surface area contributed by atoms with Crippen LogP contribution in [-0.2, 0) is 11.3 Å². The van der Waals surface area contributed by atoms with Gasteiger partial charge in [-0.1, -0.05) is 17.7 Å². The van der Waals surface area contributed by atoms with Gasteiger partial charge >= 0.3 is 0 Å². The monoisotopic (exact) mass is 522 g/mol. The number of aromatic nitrogens is 3. The van der Waals surface area contributed by atoms with Crippen molar-refractivity contribution in [3.63, 3.8) is 0 Å². The van der Waals surface area contributed by atoms with Gasteiger partial charge in [0.1, 0.15) is 29.4 Å². The Morgan fingerprint density at radius 1 is 1.19 bits per heavy atom. The summed E-state index contributed by atoms with van der Waals surface area (Å²) in [5, 5.41) is 18.6. The second-order valence-electron chi connectivity index (χ2n) is 8.01. The van der Waals surface area contributed by atoms with E-state index in [-0.39, 0.29) is 0 Å². The van der Waals surface area contributed by atoms with Crippen molar-refractivity contribution in [3.05, 3.63) is 71.5 Å². The summed E-state index contributed by atoms with van der Waals surface area (Å²) >= 11 is 8.22. The first kappa shape index (κ1) is 24.0. The van der Waals surface area contributed by atoms with Crippen molar-refractivity contribution in [2.45, 2.75) is 12.6 Å². The molecule has 0 aliphatic rings. The van der Waals surface area contributed by atoms with E-state index in [1.807, 2.05) is 52.5 Å². The molecule has 0 aliphatic carbocycles. The normalized spacial score (nSPS) is 12.1. The third-order valence-corrected chi connectivity index (χ3v) is 6.78. The molecule has 0 radical (unpaired) electrons. The van der Waals surface area contributed by atoms with Gasteiger partial charge in [0.05, 0.1) is 17.1 Å². The summed E-state index contributed by atoms with van der Waals surface area (Å²) in [5.74, 6) is 1.49. The van der Waals surface area contributed by atoms with Crippen LogP contribution in [-0.4, -0.2) is 44.7 Å². The lowest BCUT2D eigenvalue weighted by molar-refractivity contribution is -0.123. The largest absolute Gasteiger partial charge is 0.455 e. The van der Waals surface area contributed by atoms with Gasteiger partial charge in [0.15, 0.2) is 5.82 Å². The summed E-state index contributed by atoms with van der Waals surface area (Å²) in [6.45, 7) is 0.396. The lowest BCUT2D eigenvalue weighted by Crippen LogP contribution is -2.43. The SMILES string of the molecule is N[C@@H](CO)C(=O)NCCn1ccc2ncnc(Nc3ccc(Oc4cccc5sccc45)c(Cl)c3)c21. The van der Waals surface area contributed by atoms with Crippen molar-refractivity contribution >= 4 is 61.5 Å². The van der Waals surface area contributed by atoms with Gasteiger partial charge < -0.3 is 30.8 Å². The van der Waals surface area contributed by atoms with E-state index in [2.05, 4.69) is 26.7 Å². The van der Waals surface area contributed by atoms with Crippen molar-refractivity contribution in [1.29, 1.82) is 0 Å². The lowest BCUT2D eigenvalue weighted by Gasteiger charge is -2.14. The first-order chi connectivity index (χ1) is 17.5. The van der Waals surface area contributed by atoms with Crippen LogP contribution in [0.3, 0.4) is 0 Å². The van der Waals surface area contributed by atoms with Crippen LogP contribution in [0.2, 0.25) is 5.02 Å². The molecule has 0 fully saturated rings. The van der Waals surface area contributed by atoms with Crippen LogP contribution in [0.5, 0.6) is 11.5 Å². The van der Waals surface area contributed by atoms with E-state index in [1.54, 1.807) is 17.4 Å². The number of nitrogens with zero attached hydrogens (tertiary/aromatic N) is 3. The van der Waals surface area contributed by atoms with E-state index in [0.29, 0.717) is 29.7 Å². The molecule has 5 N–H and O–H groups in total. The van der Waals surface area contributed by atoms with E-state index >= 15 is 0 Å². The maximum absolute atomic E-state index is 11.8. The van der Waals surface area contributed by atoms with Gasteiger partial charge in [0, 0.05) is 35.1 Å². The number of carbonyl (C=O) groups excluding carboxylic acids is 1. The molecule has 3 heterocycles. The van der Waals surface area contributed by atoms with E-state index in [1.165, 1.54) is 6.33 Å². The molecule has 0 saturated heterocycles. The van der Waals surface area contributed by atoms with Gasteiger partial charge in [-0.25, -0.2) is 9.97 Å². The molecule has 36 heavy (non-hydrogen) atoms. The molecule has 1 atom stereocenters. The van der Waals surface area contributed by atoms with Gasteiger partial charge in [-0.05, 0) is 47.8 Å². The van der Waals surface area contributed by atoms with E-state index in [0.717, 1.165) is 32.6 Å². The molecule has 0 unspecified atom stereocenters. The van der Waals surface area contributed by atoms with Gasteiger partial charge in [-0.2, -0.15) is 0 Å². The number of amides is 1. The number of fused-ring (bicyclic) bond motifs is 2. The summed E-state index contributed by atoms with van der Waals surface area (Å²) in [7, 11) is 0. The number of carbonyl (C=O) groups is 1. The predicted octanol–water partition coefficient (Wildman–Crippen LogP) is 4.27. The number of hydrogen-bond acceptors (Lipinski definition) is 8. The van der Waals surface area contributed by atoms with Crippen LogP contribution < -0.4 is 21.1 Å². The molecule has 3 aromatic heterocycles. The minimum absolute atomic E-state index is 0.333. The zero-order chi connectivity index (χ0) is 25.1. The summed E-state index contributed by atoms with van der Waals surface area (Å²) in [4.78, 5) is 20.6. The van der Waals surface area contributed by atoms with Crippen molar-refractivity contribution in [1.82, 2.24) is 19.9 Å². The number of thiophene rings is 1. The number of hydrogen-bond donors (Lipinski definition) is 4. The number of ether oxygens (including phenoxy) is 1. The Bertz CT molecular complexity index is 1540. The zero-order valence-electron chi connectivity index (χ0n) is 19.0. The molecule has 9 nitrogen and oxygen atoms in total. The molecule has 1 amide bonds. The Morgan fingerprint density at radius 2 is 2.08 bits per heavy atom. The predicted molar refractivity (Wildman–Crippen MR) is 142 cm³/mol. The smallest absolute Gasteiger partial charge is 0.239 e. The second-order valence-corrected chi connectivity index (χ2v) is 9.36. The minimum Gasteiger partial charge on any atom is -0.455 e. The average Bonchev–Trinajstić information content (AvgIpc) is 3.53. The number of rotatable bonds is 9. The molecule has 184 valence electrons. The van der Waals surface area contributed by atoms with Crippen LogP contribution in [0.1, 0.15) is 0 Å². The van der Waals surface area contributed by atoms with Gasteiger partial charge in [-0.3, -0.25) is 4.79 Å². The number of benzene rings is 2. The molecule has 11 heteroatoms. The fourth-order valence-corrected chi connectivity index (χ4v) is 4.82. The van der Waals surface area contributed by atoms with Crippen LogP contribution in [0.15, 0.2) is 66.4 Å². The average molecular weight is 523 g/mol. The highest BCUT2D eigenvalue weighted by molar-refractivity contribution is 7.17. The van der Waals surface area contributed by atoms with Gasteiger partial charge in [0.2, 0.25) is 5.91 Å². The van der Waals surface area contributed by atoms with Crippen LogP contribution in [0.25, 0.3) is 21.1 Å². The first-order valence-corrected chi connectivity index (χ1v) is 12.4. The highest BCUT2D eigenvalue weighted by Gasteiger charge is 2.14. The first-order valence-electron chi connectivity index (χ1n) is 11.2. The van der Waals surface area contributed by atoms with Crippen molar-refractivity contribution < 1.29 is 14.6 Å². The van der Waals surface area contributed by atoms with Crippen LogP contribution >= 0.6 is 22.9 Å². The minimum atomic E-state index is -0.943. The number of nitrogens with one attached hydrogen (secondary N) is 2. The van der Waals surface area contributed by atoms with E-state index in [4.69, 9.17) is 27.2 Å². The molecule has 5 aromatic rings. The molecule has 0 spiro atoms. The van der Waals surface area contributed by atoms with Crippen LogP contribution in [0, 0.1) is 0 Å². The summed E-state index contributed by atoms with van der Waals surface area (Å²) in [5.41, 5.74) is 7.80. The standard InChI is InChI=1S/C25H23ClN6O3S/c26-17-12-15(4-5-21(17)35-20-2-1-3-22-16(20)7-11-36-22)31-24-23-19(29-14-30-24)6-9-32(23)10-8-28-25(34)18(27)13-33/h1-7,9,11-12,14,18,33H,8,10,13,27H2,(H,28,34)(H,29,30,31)/t18-/m0/s1. The Hall–Kier alpha value is -3.70. The number of nitrogens with two attached hydrogens (primary N) is 1. The van der Waals surface area contributed by atoms with Crippen molar-refractivity contribution in [2.24, 2.45) is 5.73 Å². The topological polar surface area (TPSA) is 127 Å². The van der Waals surface area contributed by atoms with E-state index < -0.39 is 18.6 Å². The Balaban J connectivity index is 1.33. The third-order valence-electron chi connectivity index (χ3n) is 5.61. The molecule has 5 rings (SSSR count). The molecular weight excluding hydrogens is 500 g/mol. The number of halogens is 1. The Labute approximate surface area is 215 Å². The quantitative estimate of drug-likeness (QED) is 0.227. The number of aliphatic hydroxyl groups excluding tert-OH is 1. The van der Waals surface area contributed by atoms with Gasteiger partial charge in [0.25, 0.3) is 0 Å². The van der Waals surface area contributed by atoms with Crippen molar-refractivity contribution in [3.8, 4) is 11.5 Å². The molecular formula is C25H23ClN6O3S. The fraction of sp³-hybridized carbons (Fsp3) is 0.160. The van der Waals surface area contributed by atoms with E-state index in [9.17, 15) is 4.79 Å². The van der Waals surface area contributed by atoms with Crippen molar-refractivity contribution in [2.75, 3.05) is 18.5 Å². The number of anilines is 2.